The molecule has 0 aliphatic carbocycles. The minimum Gasteiger partial charge on any atom is -0.497 e. The van der Waals surface area contributed by atoms with E-state index in [1.54, 1.807) is 13.4 Å². The molecule has 4 aromatic rings. The monoisotopic (exact) mass is 403 g/mol. The highest BCUT2D eigenvalue weighted by Gasteiger charge is 2.28. The molecule has 0 amide bonds. The van der Waals surface area contributed by atoms with Gasteiger partial charge >= 0.3 is 0 Å². The molecule has 152 valence electrons. The smallest absolute Gasteiger partial charge is 0.247 e. The zero-order valence-corrected chi connectivity index (χ0v) is 16.8. The highest BCUT2D eigenvalue weighted by atomic mass is 16.5. The second kappa shape index (κ2) is 6.56. The van der Waals surface area contributed by atoms with Gasteiger partial charge in [-0.2, -0.15) is 5.10 Å². The molecule has 1 saturated heterocycles. The molecule has 1 atom stereocenters. The van der Waals surface area contributed by atoms with Crippen LogP contribution in [-0.4, -0.2) is 44.6 Å². The van der Waals surface area contributed by atoms with Crippen molar-refractivity contribution in [3.63, 3.8) is 0 Å². The number of nitrogens with zero attached hydrogens (tertiary/aromatic N) is 5. The van der Waals surface area contributed by atoms with Gasteiger partial charge in [-0.05, 0) is 24.6 Å². The third-order valence-electron chi connectivity index (χ3n) is 5.92. The summed E-state index contributed by atoms with van der Waals surface area (Å²) in [5, 5.41) is 4.72. The molecule has 1 aromatic carbocycles. The minimum atomic E-state index is 0.293. The Labute approximate surface area is 173 Å². The highest BCUT2D eigenvalue weighted by Crippen LogP contribution is 2.39. The third kappa shape index (κ3) is 2.60. The molecule has 1 unspecified atom stereocenters. The highest BCUT2D eigenvalue weighted by molar-refractivity contribution is 5.77. The normalized spacial score (nSPS) is 17.3. The summed E-state index contributed by atoms with van der Waals surface area (Å²) < 4.78 is 20.8. The number of hydrogen-bond donors (Lipinski definition) is 0. The summed E-state index contributed by atoms with van der Waals surface area (Å²) in [6.07, 6.45) is 7.29. The van der Waals surface area contributed by atoms with Crippen molar-refractivity contribution in [3.05, 3.63) is 53.9 Å². The molecular weight excluding hydrogens is 382 g/mol. The van der Waals surface area contributed by atoms with E-state index in [2.05, 4.69) is 15.7 Å². The van der Waals surface area contributed by atoms with Crippen LogP contribution in [0.4, 0.5) is 0 Å². The predicted octanol–water partition coefficient (Wildman–Crippen LogP) is 3.34. The molecule has 1 fully saturated rings. The SMILES string of the molecule is COc1ccc2c(c1)-c1nn(C)cc1Cc1c(-c3nc(C4CCOC4)co3)ncn1-2. The Bertz CT molecular complexity index is 1250. The Balaban J connectivity index is 1.51. The van der Waals surface area contributed by atoms with Crippen LogP contribution < -0.4 is 4.74 Å². The summed E-state index contributed by atoms with van der Waals surface area (Å²) >= 11 is 0. The minimum absolute atomic E-state index is 0.293. The van der Waals surface area contributed by atoms with Gasteiger partial charge in [0.25, 0.3) is 0 Å². The van der Waals surface area contributed by atoms with Crippen molar-refractivity contribution in [2.45, 2.75) is 18.8 Å². The second-order valence-corrected chi connectivity index (χ2v) is 7.78. The summed E-state index contributed by atoms with van der Waals surface area (Å²) in [6, 6.07) is 6.03. The van der Waals surface area contributed by atoms with Crippen molar-refractivity contribution < 1.29 is 13.9 Å². The maximum atomic E-state index is 5.86. The van der Waals surface area contributed by atoms with Crippen LogP contribution in [-0.2, 0) is 18.2 Å². The maximum absolute atomic E-state index is 5.86. The molecule has 5 heterocycles. The lowest BCUT2D eigenvalue weighted by Crippen LogP contribution is -2.01. The third-order valence-corrected chi connectivity index (χ3v) is 5.92. The molecule has 0 bridgehead atoms. The van der Waals surface area contributed by atoms with E-state index in [1.807, 2.05) is 36.3 Å². The van der Waals surface area contributed by atoms with Crippen LogP contribution in [0.1, 0.15) is 29.3 Å². The molecule has 0 N–H and O–H groups in total. The first-order valence-electron chi connectivity index (χ1n) is 10.0. The van der Waals surface area contributed by atoms with E-state index >= 15 is 0 Å². The molecule has 3 aromatic heterocycles. The molecule has 0 saturated carbocycles. The van der Waals surface area contributed by atoms with Crippen LogP contribution in [0, 0.1) is 0 Å². The van der Waals surface area contributed by atoms with E-state index in [9.17, 15) is 0 Å². The van der Waals surface area contributed by atoms with Gasteiger partial charge in [0.05, 0.1) is 36.5 Å². The number of aryl methyl sites for hydroxylation is 1. The fourth-order valence-corrected chi connectivity index (χ4v) is 4.40. The molecule has 30 heavy (non-hydrogen) atoms. The quantitative estimate of drug-likeness (QED) is 0.460. The Morgan fingerprint density at radius 1 is 1.23 bits per heavy atom. The number of hydrogen-bond acceptors (Lipinski definition) is 6. The lowest BCUT2D eigenvalue weighted by atomic mass is 10.0. The molecular formula is C22H21N5O3. The summed E-state index contributed by atoms with van der Waals surface area (Å²) in [7, 11) is 3.62. The first-order valence-corrected chi connectivity index (χ1v) is 10.0. The lowest BCUT2D eigenvalue weighted by Gasteiger charge is -2.11. The second-order valence-electron chi connectivity index (χ2n) is 7.78. The molecule has 0 spiro atoms. The van der Waals surface area contributed by atoms with Crippen LogP contribution in [0.15, 0.2) is 41.4 Å². The van der Waals surface area contributed by atoms with Gasteiger partial charge in [0.2, 0.25) is 5.89 Å². The summed E-state index contributed by atoms with van der Waals surface area (Å²) in [6.45, 7) is 1.47. The largest absolute Gasteiger partial charge is 0.497 e. The number of benzene rings is 1. The van der Waals surface area contributed by atoms with Gasteiger partial charge in [0, 0.05) is 43.3 Å². The zero-order chi connectivity index (χ0) is 20.2. The van der Waals surface area contributed by atoms with E-state index in [0.29, 0.717) is 24.8 Å². The maximum Gasteiger partial charge on any atom is 0.247 e. The Kier molecular flexibility index (Phi) is 3.82. The Morgan fingerprint density at radius 3 is 3.00 bits per heavy atom. The average Bonchev–Trinajstić information content (AvgIpc) is 3.53. The predicted molar refractivity (Wildman–Crippen MR) is 109 cm³/mol. The van der Waals surface area contributed by atoms with Crippen molar-refractivity contribution in [1.29, 1.82) is 0 Å². The number of rotatable bonds is 3. The van der Waals surface area contributed by atoms with Crippen molar-refractivity contribution in [1.82, 2.24) is 24.3 Å². The van der Waals surface area contributed by atoms with Crippen molar-refractivity contribution in [3.8, 4) is 34.3 Å². The molecule has 6 rings (SSSR count). The standard InChI is InChI=1S/C22H21N5O3/c1-26-9-14-7-19-21(22-24-17(11-30-22)13-5-6-29-10-13)23-12-27(19)18-4-3-15(28-2)8-16(18)20(14)25-26/h3-4,8-9,11-13H,5-7,10H2,1-2H3. The first kappa shape index (κ1) is 17.5. The number of oxazole rings is 1. The molecule has 2 aliphatic rings. The Hall–Kier alpha value is -3.39. The number of imidazole rings is 1. The number of ether oxygens (including phenoxy) is 2. The Morgan fingerprint density at radius 2 is 2.17 bits per heavy atom. The van der Waals surface area contributed by atoms with E-state index < -0.39 is 0 Å². The molecule has 8 heteroatoms. The van der Waals surface area contributed by atoms with Crippen molar-refractivity contribution in [2.24, 2.45) is 7.05 Å². The van der Waals surface area contributed by atoms with E-state index in [-0.39, 0.29) is 0 Å². The van der Waals surface area contributed by atoms with Gasteiger partial charge < -0.3 is 18.5 Å². The molecule has 8 nitrogen and oxygen atoms in total. The van der Waals surface area contributed by atoms with Crippen molar-refractivity contribution in [2.75, 3.05) is 20.3 Å². The van der Waals surface area contributed by atoms with Gasteiger partial charge in [0.1, 0.15) is 24.0 Å². The van der Waals surface area contributed by atoms with Crippen LogP contribution in [0.5, 0.6) is 5.75 Å². The summed E-state index contributed by atoms with van der Waals surface area (Å²) in [4.78, 5) is 9.44. The number of fused-ring (bicyclic) bond motifs is 5. The van der Waals surface area contributed by atoms with Crippen LogP contribution in [0.25, 0.3) is 28.5 Å². The van der Waals surface area contributed by atoms with Gasteiger partial charge in [-0.25, -0.2) is 9.97 Å². The number of aromatic nitrogens is 5. The summed E-state index contributed by atoms with van der Waals surface area (Å²) in [5.74, 6) is 1.64. The average molecular weight is 403 g/mol. The van der Waals surface area contributed by atoms with Crippen molar-refractivity contribution >= 4 is 0 Å². The zero-order valence-electron chi connectivity index (χ0n) is 16.8. The van der Waals surface area contributed by atoms with E-state index in [1.165, 1.54) is 0 Å². The van der Waals surface area contributed by atoms with Gasteiger partial charge in [-0.3, -0.25) is 4.68 Å². The van der Waals surface area contributed by atoms with Crippen LogP contribution in [0.3, 0.4) is 0 Å². The fraction of sp³-hybridized carbons (Fsp3) is 0.318. The molecule has 0 radical (unpaired) electrons. The van der Waals surface area contributed by atoms with Gasteiger partial charge in [-0.1, -0.05) is 0 Å². The van der Waals surface area contributed by atoms with Gasteiger partial charge in [-0.15, -0.1) is 0 Å². The summed E-state index contributed by atoms with van der Waals surface area (Å²) in [5.41, 5.74) is 6.84. The molecule has 2 aliphatic heterocycles. The van der Waals surface area contributed by atoms with E-state index in [0.717, 1.165) is 58.4 Å². The van der Waals surface area contributed by atoms with Crippen LogP contribution in [0.2, 0.25) is 0 Å². The van der Waals surface area contributed by atoms with Gasteiger partial charge in [0.15, 0.2) is 0 Å². The lowest BCUT2D eigenvalue weighted by molar-refractivity contribution is 0.193. The fourth-order valence-electron chi connectivity index (χ4n) is 4.40. The number of methoxy groups -OCH3 is 1. The first-order chi connectivity index (χ1) is 14.7. The topological polar surface area (TPSA) is 80.1 Å². The van der Waals surface area contributed by atoms with Crippen LogP contribution >= 0.6 is 0 Å². The van der Waals surface area contributed by atoms with E-state index in [4.69, 9.17) is 24.0 Å².